The van der Waals surface area contributed by atoms with Gasteiger partial charge in [-0.15, -0.1) is 0 Å². The van der Waals surface area contributed by atoms with Gasteiger partial charge in [-0.25, -0.2) is 0 Å². The van der Waals surface area contributed by atoms with E-state index in [0.29, 0.717) is 24.2 Å². The fraction of sp³-hybridized carbons (Fsp3) is 1.00. The van der Waals surface area contributed by atoms with Crippen molar-refractivity contribution >= 4 is 11.8 Å². The fourth-order valence-electron chi connectivity index (χ4n) is 15.5. The van der Waals surface area contributed by atoms with E-state index in [1.807, 2.05) is 0 Å². The molecule has 0 amide bonds. The third kappa shape index (κ3) is 6.64. The molecule has 9 rings (SSSR count). The second kappa shape index (κ2) is 14.7. The van der Waals surface area contributed by atoms with Crippen molar-refractivity contribution in [3.63, 3.8) is 0 Å². The minimum atomic E-state index is 0.602. The maximum absolute atomic E-state index is 3.97. The summed E-state index contributed by atoms with van der Waals surface area (Å²) in [5, 5.41) is 9.90. The molecule has 5 heterocycles. The van der Waals surface area contributed by atoms with Crippen molar-refractivity contribution in [2.24, 2.45) is 82.9 Å². The summed E-state index contributed by atoms with van der Waals surface area (Å²) in [6, 6.07) is 2.55. The van der Waals surface area contributed by atoms with Gasteiger partial charge in [0, 0.05) is 47.8 Å². The van der Waals surface area contributed by atoms with Gasteiger partial charge in [0.2, 0.25) is 0 Å². The van der Waals surface area contributed by atoms with Crippen molar-refractivity contribution in [3.05, 3.63) is 0 Å². The summed E-state index contributed by atoms with van der Waals surface area (Å²) < 4.78 is 0. The number of hydrogen-bond donors (Lipinski definition) is 6. The quantitative estimate of drug-likeness (QED) is 0.199. The van der Waals surface area contributed by atoms with Crippen LogP contribution in [0.3, 0.4) is 0 Å². The van der Waals surface area contributed by atoms with E-state index >= 15 is 0 Å². The molecule has 6 N–H and O–H groups in total. The average molecular weight is 695 g/mol. The van der Waals surface area contributed by atoms with Crippen LogP contribution in [0.5, 0.6) is 0 Å². The van der Waals surface area contributed by atoms with Crippen molar-refractivity contribution < 1.29 is 0 Å². The third-order valence-electron chi connectivity index (χ3n) is 17.5. The number of hydrogen-bond acceptors (Lipinski definition) is 7. The number of hydrazine groups is 2. The zero-order valence-electron chi connectivity index (χ0n) is 31.7. The number of piperidine rings is 2. The summed E-state index contributed by atoms with van der Waals surface area (Å²) in [7, 11) is 0. The highest BCUT2D eigenvalue weighted by molar-refractivity contribution is 8.00. The molecule has 4 saturated carbocycles. The second-order valence-corrected chi connectivity index (χ2v) is 21.6. The molecule has 0 aromatic carbocycles. The molecule has 0 radical (unpaired) electrons. The average Bonchev–Trinajstić information content (AvgIpc) is 3.48. The lowest BCUT2D eigenvalue weighted by atomic mass is 9.58. The predicted molar refractivity (Wildman–Crippen MR) is 205 cm³/mol. The molecule has 9 fully saturated rings. The van der Waals surface area contributed by atoms with Crippen LogP contribution in [0.4, 0.5) is 0 Å². The highest BCUT2D eigenvalue weighted by Crippen LogP contribution is 2.60. The van der Waals surface area contributed by atoms with Crippen LogP contribution in [0.25, 0.3) is 0 Å². The van der Waals surface area contributed by atoms with E-state index in [-0.39, 0.29) is 0 Å². The van der Waals surface area contributed by atoms with Crippen LogP contribution in [0.15, 0.2) is 0 Å². The van der Waals surface area contributed by atoms with Crippen LogP contribution in [0.1, 0.15) is 118 Å². The van der Waals surface area contributed by atoms with Gasteiger partial charge in [0.25, 0.3) is 0 Å². The van der Waals surface area contributed by atoms with Gasteiger partial charge >= 0.3 is 0 Å². The Morgan fingerprint density at radius 1 is 0.429 bits per heavy atom. The smallest absolute Gasteiger partial charge is 0.0402 e. The number of fused-ring (bicyclic) bond motifs is 5. The predicted octanol–water partition coefficient (Wildman–Crippen LogP) is 6.59. The summed E-state index contributed by atoms with van der Waals surface area (Å²) in [5.74, 6) is 12.6. The monoisotopic (exact) mass is 695 g/mol. The Hall–Kier alpha value is 0.110. The fourth-order valence-corrected chi connectivity index (χ4v) is 17.7. The summed E-state index contributed by atoms with van der Waals surface area (Å²) in [4.78, 5) is 0. The van der Waals surface area contributed by atoms with E-state index in [1.54, 1.807) is 38.5 Å². The van der Waals surface area contributed by atoms with Crippen LogP contribution in [-0.4, -0.2) is 60.8 Å². The Morgan fingerprint density at radius 3 is 1.29 bits per heavy atom. The molecule has 16 atom stereocenters. The minimum absolute atomic E-state index is 0.602. The van der Waals surface area contributed by atoms with Gasteiger partial charge in [-0.1, -0.05) is 27.7 Å². The Kier molecular flexibility index (Phi) is 10.5. The molecule has 7 heteroatoms. The molecule has 0 bridgehead atoms. The molecule has 0 spiro atoms. The van der Waals surface area contributed by atoms with Gasteiger partial charge in [0.05, 0.1) is 0 Å². The lowest BCUT2D eigenvalue weighted by molar-refractivity contribution is 0.00714. The summed E-state index contributed by atoms with van der Waals surface area (Å²) in [6.45, 7) is 15.3. The van der Waals surface area contributed by atoms with E-state index in [1.165, 1.54) is 64.5 Å². The molecule has 6 nitrogen and oxygen atoms in total. The Morgan fingerprint density at radius 2 is 0.857 bits per heavy atom. The highest BCUT2D eigenvalue weighted by Gasteiger charge is 2.53. The van der Waals surface area contributed by atoms with Gasteiger partial charge in [0.1, 0.15) is 0 Å². The van der Waals surface area contributed by atoms with E-state index in [2.05, 4.69) is 71.8 Å². The maximum atomic E-state index is 3.97. The van der Waals surface area contributed by atoms with Gasteiger partial charge in [-0.3, -0.25) is 21.7 Å². The summed E-state index contributed by atoms with van der Waals surface area (Å²) >= 11 is 2.54. The third-order valence-corrected chi connectivity index (χ3v) is 19.3. The van der Waals surface area contributed by atoms with Gasteiger partial charge in [-0.05, 0) is 186 Å². The van der Waals surface area contributed by atoms with E-state index in [9.17, 15) is 0 Å². The van der Waals surface area contributed by atoms with Crippen molar-refractivity contribution in [2.45, 2.75) is 152 Å². The minimum Gasteiger partial charge on any atom is -0.312 e. The lowest BCUT2D eigenvalue weighted by Gasteiger charge is -2.52. The number of thioether (sulfide) groups is 1. The normalized spacial score (nSPS) is 56.6. The van der Waals surface area contributed by atoms with E-state index < -0.39 is 0 Å². The molecule has 49 heavy (non-hydrogen) atoms. The SMILES string of the molecule is CC1CC(C2CCC3C(C2)SC2CC(C4CC(C)C(C5NNCC6CCCNC65)C(C)C4)CCC23)CC(C)C1C1NNCC2CCCNC21. The first kappa shape index (κ1) is 34.9. The Bertz CT molecular complexity index is 1010. The van der Waals surface area contributed by atoms with Crippen molar-refractivity contribution in [1.29, 1.82) is 0 Å². The van der Waals surface area contributed by atoms with Gasteiger partial charge < -0.3 is 10.6 Å². The zero-order valence-corrected chi connectivity index (χ0v) is 32.5. The molecule has 4 aliphatic carbocycles. The molecule has 278 valence electrons. The summed E-state index contributed by atoms with van der Waals surface area (Å²) in [5.41, 5.74) is 15.0. The van der Waals surface area contributed by atoms with Crippen molar-refractivity contribution in [3.8, 4) is 0 Å². The highest BCUT2D eigenvalue weighted by atomic mass is 32.2. The molecule has 9 aliphatic rings. The Balaban J connectivity index is 0.791. The van der Waals surface area contributed by atoms with Crippen molar-refractivity contribution in [2.75, 3.05) is 26.2 Å². The molecule has 5 saturated heterocycles. The van der Waals surface area contributed by atoms with Crippen LogP contribution in [0.2, 0.25) is 0 Å². The van der Waals surface area contributed by atoms with Gasteiger partial charge in [-0.2, -0.15) is 11.8 Å². The largest absolute Gasteiger partial charge is 0.312 e. The topological polar surface area (TPSA) is 72.2 Å². The molecule has 0 aromatic heterocycles. The van der Waals surface area contributed by atoms with Crippen LogP contribution < -0.4 is 32.3 Å². The Labute approximate surface area is 304 Å². The first-order valence-corrected chi connectivity index (χ1v) is 23.0. The molecule has 16 unspecified atom stereocenters. The van der Waals surface area contributed by atoms with Gasteiger partial charge in [0.15, 0.2) is 0 Å². The maximum Gasteiger partial charge on any atom is 0.0402 e. The number of rotatable bonds is 4. The molecular weight excluding hydrogens is 621 g/mol. The molecule has 5 aliphatic heterocycles. The van der Waals surface area contributed by atoms with Crippen LogP contribution in [0, 0.1) is 82.9 Å². The summed E-state index contributed by atoms with van der Waals surface area (Å²) in [6.07, 6.45) is 20.7. The van der Waals surface area contributed by atoms with E-state index in [4.69, 9.17) is 0 Å². The standard InChI is InChI=1S/C42H74N6S/c1-23-15-31(16-24(2)37(23)41-39-29(21-45-47-41)7-5-13-43-39)27-9-11-33-34-12-10-28(20-36(34)49-35(33)19-27)32-17-25(3)38(26(4)18-32)42-40-30(22-46-48-42)8-6-14-44-40/h23-48H,5-22H2,1-4H3. The molecular formula is C42H74N6S. The first-order chi connectivity index (χ1) is 23.9. The first-order valence-electron chi connectivity index (χ1n) is 22.0. The second-order valence-electron chi connectivity index (χ2n) is 20.1. The van der Waals surface area contributed by atoms with Crippen molar-refractivity contribution in [1.82, 2.24) is 32.3 Å². The van der Waals surface area contributed by atoms with Crippen LogP contribution >= 0.6 is 11.8 Å². The molecule has 0 aromatic rings. The lowest BCUT2D eigenvalue weighted by Crippen LogP contribution is -2.68. The van der Waals surface area contributed by atoms with E-state index in [0.717, 1.165) is 106 Å². The van der Waals surface area contributed by atoms with Crippen LogP contribution in [-0.2, 0) is 0 Å². The number of nitrogens with one attached hydrogen (secondary N) is 6. The zero-order chi connectivity index (χ0) is 33.2.